The summed E-state index contributed by atoms with van der Waals surface area (Å²) in [5.41, 5.74) is 0. The second-order valence-corrected chi connectivity index (χ2v) is 8.78. The van der Waals surface area contributed by atoms with Crippen LogP contribution in [0.4, 0.5) is 8.78 Å². The number of halogens is 3. The molecule has 152 valence electrons. The molecule has 27 heavy (non-hydrogen) atoms. The molecule has 0 unspecified atom stereocenters. The van der Waals surface area contributed by atoms with Crippen molar-refractivity contribution in [2.45, 2.75) is 30.7 Å². The van der Waals surface area contributed by atoms with E-state index in [1.807, 2.05) is 11.8 Å². The highest BCUT2D eigenvalue weighted by molar-refractivity contribution is 7.89. The van der Waals surface area contributed by atoms with Gasteiger partial charge in [0.1, 0.15) is 0 Å². The number of nitrogens with one attached hydrogen (secondary N) is 1. The minimum atomic E-state index is -3.89. The van der Waals surface area contributed by atoms with Gasteiger partial charge >= 0.3 is 0 Å². The lowest BCUT2D eigenvalue weighted by molar-refractivity contribution is -0.139. The average molecular weight is 424 g/mol. The van der Waals surface area contributed by atoms with Gasteiger partial charge in [-0.2, -0.15) is 4.31 Å². The van der Waals surface area contributed by atoms with E-state index in [0.717, 1.165) is 25.2 Å². The second kappa shape index (κ2) is 8.81. The van der Waals surface area contributed by atoms with Crippen LogP contribution < -0.4 is 5.32 Å². The number of benzene rings is 1. The molecular formula is C17H24ClF2N3O3S. The van der Waals surface area contributed by atoms with Gasteiger partial charge in [0.15, 0.2) is 11.6 Å². The molecule has 0 radical (unpaired) electrons. The predicted octanol–water partition coefficient (Wildman–Crippen LogP) is 1.61. The molecule has 6 nitrogen and oxygen atoms in total. The van der Waals surface area contributed by atoms with E-state index in [1.54, 1.807) is 0 Å². The van der Waals surface area contributed by atoms with Gasteiger partial charge in [0, 0.05) is 44.7 Å². The summed E-state index contributed by atoms with van der Waals surface area (Å²) in [4.78, 5) is 14.3. The molecule has 2 heterocycles. The number of sulfonamides is 1. The lowest BCUT2D eigenvalue weighted by atomic mass is 9.95. The molecule has 0 aliphatic carbocycles. The Morgan fingerprint density at radius 1 is 1.15 bits per heavy atom. The van der Waals surface area contributed by atoms with Gasteiger partial charge in [0.2, 0.25) is 15.9 Å². The summed E-state index contributed by atoms with van der Waals surface area (Å²) < 4.78 is 52.9. The van der Waals surface area contributed by atoms with E-state index in [0.29, 0.717) is 25.5 Å². The van der Waals surface area contributed by atoms with Gasteiger partial charge in [-0.1, -0.05) is 0 Å². The molecule has 0 saturated carbocycles. The van der Waals surface area contributed by atoms with Crippen LogP contribution in [0.2, 0.25) is 0 Å². The van der Waals surface area contributed by atoms with Gasteiger partial charge in [0.25, 0.3) is 0 Å². The van der Waals surface area contributed by atoms with E-state index in [9.17, 15) is 22.0 Å². The van der Waals surface area contributed by atoms with Crippen molar-refractivity contribution < 1.29 is 22.0 Å². The van der Waals surface area contributed by atoms with Crippen LogP contribution in [0, 0.1) is 17.6 Å². The van der Waals surface area contributed by atoms with Crippen molar-refractivity contribution in [3.8, 4) is 0 Å². The Labute approximate surface area is 164 Å². The third kappa shape index (κ3) is 4.59. The maximum absolute atomic E-state index is 13.4. The number of nitrogens with zero attached hydrogens (tertiary/aromatic N) is 2. The standard InChI is InChI=1S/C17H23F2N3O3S.ClH/c1-12-11-20-6-9-22(12)17(23)13-4-7-21(8-5-13)26(24,25)14-2-3-15(18)16(19)10-14;/h2-3,10,12-13,20H,4-9,11H2,1H3;1H/t12-;/m1./s1. The minimum Gasteiger partial charge on any atom is -0.337 e. The molecular weight excluding hydrogens is 400 g/mol. The first-order chi connectivity index (χ1) is 12.3. The molecule has 0 aromatic heterocycles. The maximum atomic E-state index is 13.4. The Balaban J connectivity index is 0.00000261. The SMILES string of the molecule is C[C@@H]1CNCCN1C(=O)C1CCN(S(=O)(=O)c2ccc(F)c(F)c2)CC1.Cl. The van der Waals surface area contributed by atoms with Crippen LogP contribution in [0.1, 0.15) is 19.8 Å². The summed E-state index contributed by atoms with van der Waals surface area (Å²) >= 11 is 0. The number of amides is 1. The fourth-order valence-electron chi connectivity index (χ4n) is 3.53. The maximum Gasteiger partial charge on any atom is 0.243 e. The smallest absolute Gasteiger partial charge is 0.243 e. The minimum absolute atomic E-state index is 0. The number of rotatable bonds is 3. The highest BCUT2D eigenvalue weighted by atomic mass is 35.5. The first-order valence-electron chi connectivity index (χ1n) is 8.77. The summed E-state index contributed by atoms with van der Waals surface area (Å²) in [6, 6.07) is 2.70. The molecule has 1 aromatic carbocycles. The summed E-state index contributed by atoms with van der Waals surface area (Å²) in [6.45, 7) is 4.56. The Hall–Kier alpha value is -1.29. The number of hydrogen-bond donors (Lipinski definition) is 1. The molecule has 2 aliphatic heterocycles. The van der Waals surface area contributed by atoms with Crippen molar-refractivity contribution in [2.24, 2.45) is 5.92 Å². The Morgan fingerprint density at radius 3 is 2.41 bits per heavy atom. The number of piperidine rings is 1. The van der Waals surface area contributed by atoms with Crippen molar-refractivity contribution in [3.05, 3.63) is 29.8 Å². The lowest BCUT2D eigenvalue weighted by Crippen LogP contribution is -2.55. The zero-order valence-electron chi connectivity index (χ0n) is 15.0. The third-order valence-corrected chi connectivity index (χ3v) is 7.01. The van der Waals surface area contributed by atoms with Gasteiger partial charge in [-0.15, -0.1) is 12.4 Å². The van der Waals surface area contributed by atoms with Gasteiger partial charge in [-0.3, -0.25) is 4.79 Å². The van der Waals surface area contributed by atoms with Crippen molar-refractivity contribution >= 4 is 28.3 Å². The molecule has 1 aromatic rings. The van der Waals surface area contributed by atoms with Crippen LogP contribution in [0.3, 0.4) is 0 Å². The summed E-state index contributed by atoms with van der Waals surface area (Å²) in [5.74, 6) is -2.40. The summed E-state index contributed by atoms with van der Waals surface area (Å²) in [6.07, 6.45) is 0.858. The number of hydrogen-bond acceptors (Lipinski definition) is 4. The van der Waals surface area contributed by atoms with Gasteiger partial charge in [0.05, 0.1) is 4.90 Å². The lowest BCUT2D eigenvalue weighted by Gasteiger charge is -2.38. The summed E-state index contributed by atoms with van der Waals surface area (Å²) in [5, 5.41) is 3.24. The van der Waals surface area contributed by atoms with Crippen LogP contribution in [-0.2, 0) is 14.8 Å². The van der Waals surface area contributed by atoms with E-state index >= 15 is 0 Å². The van der Waals surface area contributed by atoms with Crippen LogP contribution in [0.5, 0.6) is 0 Å². The molecule has 1 atom stereocenters. The van der Waals surface area contributed by atoms with Crippen LogP contribution in [0.15, 0.2) is 23.1 Å². The zero-order valence-corrected chi connectivity index (χ0v) is 16.7. The topological polar surface area (TPSA) is 69.7 Å². The highest BCUT2D eigenvalue weighted by Crippen LogP contribution is 2.26. The molecule has 10 heteroatoms. The van der Waals surface area contributed by atoms with Gasteiger partial charge in [-0.25, -0.2) is 17.2 Å². The van der Waals surface area contributed by atoms with E-state index in [-0.39, 0.29) is 48.3 Å². The second-order valence-electron chi connectivity index (χ2n) is 6.84. The largest absolute Gasteiger partial charge is 0.337 e. The monoisotopic (exact) mass is 423 g/mol. The van der Waals surface area contributed by atoms with E-state index < -0.39 is 21.7 Å². The quantitative estimate of drug-likeness (QED) is 0.801. The number of carbonyl (C=O) groups excluding carboxylic acids is 1. The molecule has 3 rings (SSSR count). The fraction of sp³-hybridized carbons (Fsp3) is 0.588. The molecule has 2 saturated heterocycles. The first-order valence-corrected chi connectivity index (χ1v) is 10.2. The third-order valence-electron chi connectivity index (χ3n) is 5.12. The van der Waals surface area contributed by atoms with Gasteiger partial charge in [-0.05, 0) is 38.0 Å². The van der Waals surface area contributed by atoms with E-state index in [1.165, 1.54) is 4.31 Å². The predicted molar refractivity (Wildman–Crippen MR) is 99.1 cm³/mol. The molecule has 2 aliphatic rings. The number of piperazine rings is 1. The average Bonchev–Trinajstić information content (AvgIpc) is 2.64. The van der Waals surface area contributed by atoms with Crippen molar-refractivity contribution in [1.82, 2.24) is 14.5 Å². The first kappa shape index (κ1) is 22.0. The van der Waals surface area contributed by atoms with Crippen LogP contribution >= 0.6 is 12.4 Å². The Morgan fingerprint density at radius 2 is 1.81 bits per heavy atom. The molecule has 2 fully saturated rings. The normalized spacial score (nSPS) is 22.3. The molecule has 1 amide bonds. The van der Waals surface area contributed by atoms with Gasteiger partial charge < -0.3 is 10.2 Å². The van der Waals surface area contributed by atoms with Crippen molar-refractivity contribution in [1.29, 1.82) is 0 Å². The van der Waals surface area contributed by atoms with Crippen molar-refractivity contribution in [2.75, 3.05) is 32.7 Å². The van der Waals surface area contributed by atoms with Crippen LogP contribution in [0.25, 0.3) is 0 Å². The molecule has 0 spiro atoms. The zero-order chi connectivity index (χ0) is 18.9. The number of carbonyl (C=O) groups is 1. The molecule has 0 bridgehead atoms. The fourth-order valence-corrected chi connectivity index (χ4v) is 5.01. The highest BCUT2D eigenvalue weighted by Gasteiger charge is 2.35. The summed E-state index contributed by atoms with van der Waals surface area (Å²) in [7, 11) is -3.89. The van der Waals surface area contributed by atoms with Crippen molar-refractivity contribution in [3.63, 3.8) is 0 Å². The van der Waals surface area contributed by atoms with Crippen LogP contribution in [-0.4, -0.2) is 62.3 Å². The Kier molecular flexibility index (Phi) is 7.18. The van der Waals surface area contributed by atoms with E-state index in [4.69, 9.17) is 0 Å². The Bertz CT molecular complexity index is 786. The molecule has 1 N–H and O–H groups in total. The van der Waals surface area contributed by atoms with E-state index in [2.05, 4.69) is 5.32 Å².